The minimum Gasteiger partial charge on any atom is -0.497 e. The first-order valence-electron chi connectivity index (χ1n) is 10.2. The van der Waals surface area contributed by atoms with Gasteiger partial charge in [0, 0.05) is 12.0 Å². The van der Waals surface area contributed by atoms with Gasteiger partial charge in [-0.25, -0.2) is 9.07 Å². The Hall–Kier alpha value is -3.40. The standard InChI is InChI=1S/C21H21FN6O3/c1-30-14-3-2-13(16(22)9-14)8-19-26-20(27-31-19)15-11-24-28-17(15)10-18(29)25-21(28)12-4-6-23-7-5-12/h2-3,9,11-12,23H,4-8,10H2,1H3. The summed E-state index contributed by atoms with van der Waals surface area (Å²) in [6, 6.07) is 4.62. The van der Waals surface area contributed by atoms with E-state index in [0.717, 1.165) is 25.9 Å². The molecule has 0 radical (unpaired) electrons. The second kappa shape index (κ2) is 8.03. The van der Waals surface area contributed by atoms with Crippen LogP contribution >= 0.6 is 0 Å². The minimum atomic E-state index is -0.407. The van der Waals surface area contributed by atoms with Gasteiger partial charge in [0.15, 0.2) is 0 Å². The first kappa shape index (κ1) is 19.6. The third-order valence-electron chi connectivity index (χ3n) is 5.66. The highest BCUT2D eigenvalue weighted by molar-refractivity contribution is 6.01. The number of carbonyl (C=O) groups is 1. The number of methoxy groups -OCH3 is 1. The van der Waals surface area contributed by atoms with Gasteiger partial charge in [0.05, 0.1) is 37.4 Å². The molecule has 0 spiro atoms. The van der Waals surface area contributed by atoms with Crippen LogP contribution in [-0.2, 0) is 17.6 Å². The molecule has 31 heavy (non-hydrogen) atoms. The van der Waals surface area contributed by atoms with Crippen molar-refractivity contribution in [2.24, 2.45) is 10.9 Å². The summed E-state index contributed by atoms with van der Waals surface area (Å²) >= 11 is 0. The number of fused-ring (bicyclic) bond motifs is 1. The van der Waals surface area contributed by atoms with Gasteiger partial charge in [-0.05, 0) is 37.6 Å². The SMILES string of the molecule is COc1ccc(Cc2nc(-c3cnn4c3CC(=O)N=C4C3CCNCC3)no2)c(F)c1. The molecule has 3 aromatic rings. The summed E-state index contributed by atoms with van der Waals surface area (Å²) in [6.45, 7) is 1.77. The average molecular weight is 424 g/mol. The van der Waals surface area contributed by atoms with Gasteiger partial charge in [0.25, 0.3) is 5.91 Å². The van der Waals surface area contributed by atoms with Gasteiger partial charge >= 0.3 is 0 Å². The van der Waals surface area contributed by atoms with E-state index >= 15 is 0 Å². The second-order valence-corrected chi connectivity index (χ2v) is 7.63. The number of piperidine rings is 1. The summed E-state index contributed by atoms with van der Waals surface area (Å²) in [7, 11) is 1.48. The Kier molecular flexibility index (Phi) is 5.06. The molecule has 1 aromatic carbocycles. The van der Waals surface area contributed by atoms with E-state index < -0.39 is 5.82 Å². The Morgan fingerprint density at radius 1 is 1.32 bits per heavy atom. The number of amides is 1. The van der Waals surface area contributed by atoms with Crippen molar-refractivity contribution in [1.29, 1.82) is 0 Å². The van der Waals surface area contributed by atoms with Gasteiger partial charge in [-0.3, -0.25) is 4.79 Å². The monoisotopic (exact) mass is 424 g/mol. The van der Waals surface area contributed by atoms with Crippen molar-refractivity contribution in [1.82, 2.24) is 25.2 Å². The zero-order valence-electron chi connectivity index (χ0n) is 17.0. The molecule has 10 heteroatoms. The number of rotatable bonds is 5. The molecular weight excluding hydrogens is 403 g/mol. The van der Waals surface area contributed by atoms with E-state index in [1.807, 2.05) is 0 Å². The van der Waals surface area contributed by atoms with Crippen molar-refractivity contribution >= 4 is 11.7 Å². The molecule has 1 fully saturated rings. The van der Waals surface area contributed by atoms with E-state index in [1.165, 1.54) is 13.2 Å². The molecule has 4 heterocycles. The van der Waals surface area contributed by atoms with Crippen LogP contribution in [0, 0.1) is 11.7 Å². The van der Waals surface area contributed by atoms with Gasteiger partial charge in [0.1, 0.15) is 17.4 Å². The average Bonchev–Trinajstić information content (AvgIpc) is 3.42. The normalized spacial score (nSPS) is 16.8. The van der Waals surface area contributed by atoms with Crippen LogP contribution in [0.3, 0.4) is 0 Å². The predicted molar refractivity (Wildman–Crippen MR) is 108 cm³/mol. The molecule has 1 saturated heterocycles. The Morgan fingerprint density at radius 3 is 2.94 bits per heavy atom. The summed E-state index contributed by atoms with van der Waals surface area (Å²) in [5.74, 6) is 1.29. The summed E-state index contributed by atoms with van der Waals surface area (Å²) < 4.78 is 26.4. The molecular formula is C21H21FN6O3. The Labute approximate surface area is 177 Å². The van der Waals surface area contributed by atoms with E-state index in [-0.39, 0.29) is 30.6 Å². The zero-order valence-corrected chi connectivity index (χ0v) is 17.0. The lowest BCUT2D eigenvalue weighted by Crippen LogP contribution is -2.38. The van der Waals surface area contributed by atoms with Gasteiger partial charge < -0.3 is 14.6 Å². The molecule has 0 saturated carbocycles. The highest BCUT2D eigenvalue weighted by Gasteiger charge is 2.30. The molecule has 5 rings (SSSR count). The first-order valence-corrected chi connectivity index (χ1v) is 10.2. The van der Waals surface area contributed by atoms with E-state index in [2.05, 4.69) is 25.5 Å². The lowest BCUT2D eigenvalue weighted by molar-refractivity contribution is -0.117. The third-order valence-corrected chi connectivity index (χ3v) is 5.66. The van der Waals surface area contributed by atoms with Crippen LogP contribution in [0.5, 0.6) is 5.75 Å². The number of carbonyl (C=O) groups excluding carboxylic acids is 1. The number of hydrogen-bond donors (Lipinski definition) is 1. The van der Waals surface area contributed by atoms with E-state index in [4.69, 9.17) is 9.26 Å². The lowest BCUT2D eigenvalue weighted by atomic mass is 9.95. The maximum Gasteiger partial charge on any atom is 0.253 e. The third kappa shape index (κ3) is 3.74. The highest BCUT2D eigenvalue weighted by atomic mass is 19.1. The number of nitrogens with one attached hydrogen (secondary N) is 1. The van der Waals surface area contributed by atoms with Crippen LogP contribution in [0.1, 0.15) is 30.0 Å². The molecule has 2 aromatic heterocycles. The molecule has 0 atom stereocenters. The molecule has 160 valence electrons. The van der Waals surface area contributed by atoms with Gasteiger partial charge in [-0.15, -0.1) is 0 Å². The smallest absolute Gasteiger partial charge is 0.253 e. The Bertz CT molecular complexity index is 1160. The molecule has 1 N–H and O–H groups in total. The summed E-state index contributed by atoms with van der Waals surface area (Å²) in [4.78, 5) is 21.0. The van der Waals surface area contributed by atoms with Crippen LogP contribution in [0.15, 0.2) is 33.9 Å². The molecule has 0 unspecified atom stereocenters. The Balaban J connectivity index is 1.42. The maximum absolute atomic E-state index is 14.3. The van der Waals surface area contributed by atoms with Crippen molar-refractivity contribution in [3.05, 3.63) is 47.4 Å². The number of aliphatic imine (C=N–C) groups is 1. The summed E-state index contributed by atoms with van der Waals surface area (Å²) in [6.07, 6.45) is 3.71. The van der Waals surface area contributed by atoms with Crippen LogP contribution in [-0.4, -0.2) is 51.9 Å². The van der Waals surface area contributed by atoms with Gasteiger partial charge in [0.2, 0.25) is 11.7 Å². The number of halogens is 1. The largest absolute Gasteiger partial charge is 0.497 e. The molecule has 1 amide bonds. The van der Waals surface area contributed by atoms with E-state index in [0.29, 0.717) is 34.2 Å². The van der Waals surface area contributed by atoms with Crippen LogP contribution in [0.4, 0.5) is 4.39 Å². The maximum atomic E-state index is 14.3. The van der Waals surface area contributed by atoms with Crippen LogP contribution < -0.4 is 10.1 Å². The summed E-state index contributed by atoms with van der Waals surface area (Å²) in [5, 5.41) is 11.8. The van der Waals surface area contributed by atoms with Crippen LogP contribution in [0.25, 0.3) is 11.4 Å². The summed E-state index contributed by atoms with van der Waals surface area (Å²) in [5.41, 5.74) is 1.75. The quantitative estimate of drug-likeness (QED) is 0.667. The molecule has 2 aliphatic rings. The van der Waals surface area contributed by atoms with E-state index in [9.17, 15) is 9.18 Å². The second-order valence-electron chi connectivity index (χ2n) is 7.63. The lowest BCUT2D eigenvalue weighted by Gasteiger charge is -2.26. The fourth-order valence-corrected chi connectivity index (χ4v) is 4.03. The van der Waals surface area contributed by atoms with Crippen molar-refractivity contribution in [2.75, 3.05) is 20.2 Å². The van der Waals surface area contributed by atoms with Gasteiger partial charge in [-0.1, -0.05) is 11.2 Å². The van der Waals surface area contributed by atoms with E-state index in [1.54, 1.807) is 23.0 Å². The number of hydrogen-bond acceptors (Lipinski definition) is 7. The number of ether oxygens (including phenoxy) is 1. The molecule has 2 aliphatic heterocycles. The minimum absolute atomic E-state index is 0.126. The topological polar surface area (TPSA) is 107 Å². The molecule has 0 aliphatic carbocycles. The van der Waals surface area contributed by atoms with Crippen molar-refractivity contribution in [3.8, 4) is 17.1 Å². The van der Waals surface area contributed by atoms with Crippen molar-refractivity contribution < 1.29 is 18.4 Å². The van der Waals surface area contributed by atoms with Crippen molar-refractivity contribution in [2.45, 2.75) is 25.7 Å². The molecule has 0 bridgehead atoms. The fourth-order valence-electron chi connectivity index (χ4n) is 4.03. The molecule has 9 nitrogen and oxygen atoms in total. The number of benzene rings is 1. The number of aromatic nitrogens is 4. The predicted octanol–water partition coefficient (Wildman–Crippen LogP) is 2.00. The highest BCUT2D eigenvalue weighted by Crippen LogP contribution is 2.28. The Morgan fingerprint density at radius 2 is 2.16 bits per heavy atom. The number of nitrogens with zero attached hydrogens (tertiary/aromatic N) is 5. The van der Waals surface area contributed by atoms with Gasteiger partial charge in [-0.2, -0.15) is 15.1 Å². The van der Waals surface area contributed by atoms with Crippen LogP contribution in [0.2, 0.25) is 0 Å². The first-order chi connectivity index (χ1) is 15.1. The van der Waals surface area contributed by atoms with Crippen molar-refractivity contribution in [3.63, 3.8) is 0 Å². The zero-order chi connectivity index (χ0) is 21.4. The fraction of sp³-hybridized carbons (Fsp3) is 0.381.